The molecule has 0 saturated carbocycles. The summed E-state index contributed by atoms with van der Waals surface area (Å²) >= 11 is 1.43. The van der Waals surface area contributed by atoms with Gasteiger partial charge in [-0.15, -0.1) is 11.3 Å². The molecule has 6 heterocycles. The minimum atomic E-state index is -0.205. The normalized spacial score (nSPS) is 18.1. The van der Waals surface area contributed by atoms with Gasteiger partial charge < -0.3 is 25.2 Å². The minimum Gasteiger partial charge on any atom is -0.492 e. The summed E-state index contributed by atoms with van der Waals surface area (Å²) in [5, 5.41) is 20.8. The van der Waals surface area contributed by atoms with E-state index < -0.39 is 0 Å². The third kappa shape index (κ3) is 6.00. The Balaban J connectivity index is 1.01. The Kier molecular flexibility index (Phi) is 8.07. The van der Waals surface area contributed by atoms with Gasteiger partial charge >= 0.3 is 0 Å². The predicted octanol–water partition coefficient (Wildman–Crippen LogP) is 4.25. The van der Waals surface area contributed by atoms with Crippen LogP contribution < -0.4 is 15.4 Å². The van der Waals surface area contributed by atoms with Crippen molar-refractivity contribution in [3.05, 3.63) is 69.6 Å². The summed E-state index contributed by atoms with van der Waals surface area (Å²) in [6.45, 7) is 4.28. The molecular weight excluding hydrogens is 566 g/mol. The fourth-order valence-electron chi connectivity index (χ4n) is 5.92. The van der Waals surface area contributed by atoms with E-state index in [1.54, 1.807) is 0 Å². The number of nitrogens with zero attached hydrogens (tertiary/aromatic N) is 5. The predicted molar refractivity (Wildman–Crippen MR) is 163 cm³/mol. The number of amides is 1. The number of β-amino-alcohol motifs (C(OH)–C–C–N with tert-alkyl or cyclic N) is 1. The molecule has 1 amide bonds. The third-order valence-corrected chi connectivity index (χ3v) is 9.24. The van der Waals surface area contributed by atoms with E-state index in [0.29, 0.717) is 24.7 Å². The van der Waals surface area contributed by atoms with Crippen LogP contribution in [0.25, 0.3) is 11.1 Å². The Morgan fingerprint density at radius 3 is 3.02 bits per heavy atom. The zero-order chi connectivity index (χ0) is 29.2. The molecular formula is C31H35N7O4S. The first-order chi connectivity index (χ1) is 21.1. The van der Waals surface area contributed by atoms with Crippen LogP contribution >= 0.6 is 11.3 Å². The van der Waals surface area contributed by atoms with Crippen LogP contribution in [0.1, 0.15) is 57.0 Å². The smallest absolute Gasteiger partial charge is 0.284 e. The van der Waals surface area contributed by atoms with E-state index in [9.17, 15) is 9.90 Å². The maximum absolute atomic E-state index is 13.0. The van der Waals surface area contributed by atoms with E-state index in [0.717, 1.165) is 102 Å². The summed E-state index contributed by atoms with van der Waals surface area (Å²) in [7, 11) is 0. The summed E-state index contributed by atoms with van der Waals surface area (Å²) in [4.78, 5) is 25.7. The van der Waals surface area contributed by atoms with Crippen molar-refractivity contribution in [1.29, 1.82) is 0 Å². The number of anilines is 2. The number of fused-ring (bicyclic) bond motifs is 2. The van der Waals surface area contributed by atoms with Gasteiger partial charge in [0.05, 0.1) is 25.1 Å². The lowest BCUT2D eigenvalue weighted by molar-refractivity contribution is -0.0394. The van der Waals surface area contributed by atoms with Crippen molar-refractivity contribution < 1.29 is 19.4 Å². The molecule has 1 atom stereocenters. The molecule has 1 unspecified atom stereocenters. The van der Waals surface area contributed by atoms with Gasteiger partial charge in [0.2, 0.25) is 0 Å². The summed E-state index contributed by atoms with van der Waals surface area (Å²) in [6.07, 6.45) is 10.5. The van der Waals surface area contributed by atoms with Crippen molar-refractivity contribution in [2.24, 2.45) is 0 Å². The monoisotopic (exact) mass is 601 g/mol. The molecule has 7 rings (SSSR count). The molecule has 1 fully saturated rings. The van der Waals surface area contributed by atoms with Crippen LogP contribution in [-0.4, -0.2) is 68.6 Å². The molecule has 3 aliphatic rings. The van der Waals surface area contributed by atoms with Gasteiger partial charge in [-0.25, -0.2) is 14.6 Å². The molecule has 43 heavy (non-hydrogen) atoms. The summed E-state index contributed by atoms with van der Waals surface area (Å²) in [5.74, 6) is 1.45. The first-order valence-electron chi connectivity index (χ1n) is 14.9. The maximum atomic E-state index is 13.0. The number of hydrogen-bond acceptors (Lipinski definition) is 10. The highest BCUT2D eigenvalue weighted by atomic mass is 32.1. The molecule has 0 spiro atoms. The van der Waals surface area contributed by atoms with Gasteiger partial charge in [0.15, 0.2) is 5.01 Å². The fourth-order valence-corrected chi connectivity index (χ4v) is 6.97. The number of benzene rings is 1. The van der Waals surface area contributed by atoms with E-state index >= 15 is 0 Å². The molecule has 3 aliphatic heterocycles. The molecule has 1 saturated heterocycles. The van der Waals surface area contributed by atoms with Crippen molar-refractivity contribution >= 4 is 28.7 Å². The van der Waals surface area contributed by atoms with E-state index in [1.807, 2.05) is 47.5 Å². The van der Waals surface area contributed by atoms with Crippen molar-refractivity contribution in [2.75, 3.05) is 43.5 Å². The molecule has 11 nitrogen and oxygen atoms in total. The molecule has 224 valence electrons. The molecule has 4 aromatic rings. The van der Waals surface area contributed by atoms with E-state index in [2.05, 4.69) is 25.6 Å². The van der Waals surface area contributed by atoms with Crippen molar-refractivity contribution in [3.8, 4) is 16.9 Å². The number of aliphatic hydroxyl groups excluding tert-OH is 1. The Hall–Kier alpha value is -3.84. The lowest BCUT2D eigenvalue weighted by atomic mass is 10.1. The number of thiazole rings is 1. The topological polar surface area (TPSA) is 127 Å². The minimum absolute atomic E-state index is 0.0128. The van der Waals surface area contributed by atoms with Crippen LogP contribution in [0.4, 0.5) is 11.5 Å². The zero-order valence-corrected chi connectivity index (χ0v) is 24.7. The quantitative estimate of drug-likeness (QED) is 0.258. The second-order valence-corrected chi connectivity index (χ2v) is 12.2. The molecule has 0 radical (unpaired) electrons. The molecule has 12 heteroatoms. The summed E-state index contributed by atoms with van der Waals surface area (Å²) in [6, 6.07) is 7.81. The van der Waals surface area contributed by atoms with Gasteiger partial charge in [0.1, 0.15) is 17.8 Å². The lowest BCUT2D eigenvalue weighted by Gasteiger charge is -2.24. The largest absolute Gasteiger partial charge is 0.492 e. The zero-order valence-electron chi connectivity index (χ0n) is 23.9. The number of carbonyl (C=O) groups excluding carboxylic acids is 1. The first-order valence-corrected chi connectivity index (χ1v) is 15.7. The van der Waals surface area contributed by atoms with Crippen molar-refractivity contribution in [1.82, 2.24) is 24.6 Å². The highest BCUT2D eigenvalue weighted by Gasteiger charge is 2.25. The van der Waals surface area contributed by atoms with Gasteiger partial charge in [0, 0.05) is 85.3 Å². The number of hydrogen-bond donors (Lipinski definition) is 3. The van der Waals surface area contributed by atoms with Gasteiger partial charge in [-0.2, -0.15) is 5.10 Å². The fraction of sp³-hybridized carbons (Fsp3) is 0.419. The van der Waals surface area contributed by atoms with Crippen molar-refractivity contribution in [3.63, 3.8) is 0 Å². The van der Waals surface area contributed by atoms with Gasteiger partial charge in [-0.3, -0.25) is 9.69 Å². The van der Waals surface area contributed by atoms with E-state index in [1.165, 1.54) is 11.3 Å². The SMILES string of the molecule is O=C(Nc1cccc(CNc2ncc(-c3cnn(C4CCCCO4)c3)c3c2CCO3)c1)c1nc2c(s1)CN(CCO)CC2. The van der Waals surface area contributed by atoms with E-state index in [-0.39, 0.29) is 18.7 Å². The highest BCUT2D eigenvalue weighted by Crippen LogP contribution is 2.40. The average molecular weight is 602 g/mol. The number of aliphatic hydroxyl groups is 1. The first kappa shape index (κ1) is 28.0. The molecule has 0 bridgehead atoms. The standard InChI is InChI=1S/C31H35N7O4S/c39-11-10-37-9-7-25-26(19-37)43-31(36-25)30(40)35-22-5-3-4-20(14-22)15-32-29-23-8-13-42-28(23)24(17-33-29)21-16-34-38(18-21)27-6-1-2-12-41-27/h3-5,14,16-18,27,39H,1-2,6-13,15,19H2,(H,32,33)(H,35,40). The number of rotatable bonds is 9. The van der Waals surface area contributed by atoms with Crippen LogP contribution in [0.5, 0.6) is 5.75 Å². The number of aromatic nitrogens is 4. The van der Waals surface area contributed by atoms with Crippen LogP contribution in [0, 0.1) is 0 Å². The number of pyridine rings is 1. The Bertz CT molecular complexity index is 1610. The van der Waals surface area contributed by atoms with Gasteiger partial charge in [0.25, 0.3) is 5.91 Å². The van der Waals surface area contributed by atoms with E-state index in [4.69, 9.17) is 14.5 Å². The lowest BCUT2D eigenvalue weighted by Crippen LogP contribution is -2.32. The highest BCUT2D eigenvalue weighted by molar-refractivity contribution is 7.13. The second-order valence-electron chi connectivity index (χ2n) is 11.1. The van der Waals surface area contributed by atoms with Crippen LogP contribution in [0.2, 0.25) is 0 Å². The number of nitrogens with one attached hydrogen (secondary N) is 2. The third-order valence-electron chi connectivity index (χ3n) is 8.15. The van der Waals surface area contributed by atoms with Crippen LogP contribution in [0.15, 0.2) is 42.9 Å². The average Bonchev–Trinajstić information content (AvgIpc) is 3.81. The Morgan fingerprint density at radius 2 is 2.14 bits per heavy atom. The van der Waals surface area contributed by atoms with Crippen molar-refractivity contribution in [2.45, 2.75) is 51.4 Å². The molecule has 3 N–H and O–H groups in total. The maximum Gasteiger partial charge on any atom is 0.284 e. The molecule has 1 aromatic carbocycles. The Morgan fingerprint density at radius 1 is 1.19 bits per heavy atom. The van der Waals surface area contributed by atoms with Gasteiger partial charge in [-0.1, -0.05) is 12.1 Å². The number of carbonyl (C=O) groups is 1. The summed E-state index contributed by atoms with van der Waals surface area (Å²) in [5.41, 5.74) is 5.70. The molecule has 3 aromatic heterocycles. The van der Waals surface area contributed by atoms with Crippen LogP contribution in [0.3, 0.4) is 0 Å². The Labute approximate surface area is 253 Å². The number of ether oxygens (including phenoxy) is 2. The summed E-state index contributed by atoms with van der Waals surface area (Å²) < 4.78 is 13.9. The second kappa shape index (κ2) is 12.4. The molecule has 0 aliphatic carbocycles. The van der Waals surface area contributed by atoms with Crippen LogP contribution in [-0.2, 0) is 30.7 Å². The van der Waals surface area contributed by atoms with Gasteiger partial charge in [-0.05, 0) is 37.0 Å².